The lowest BCUT2D eigenvalue weighted by Gasteiger charge is -2.46. The second-order valence-corrected chi connectivity index (χ2v) is 6.54. The Kier molecular flexibility index (Phi) is 3.48. The fraction of sp³-hybridized carbons (Fsp3) is 0.929. The molecular formula is C14H26N2O. The normalized spacial score (nSPS) is 37.3. The molecule has 3 unspecified atom stereocenters. The van der Waals surface area contributed by atoms with Gasteiger partial charge < -0.3 is 11.1 Å². The van der Waals surface area contributed by atoms with Crippen molar-refractivity contribution >= 4 is 5.91 Å². The Hall–Kier alpha value is -0.570. The molecule has 3 N–H and O–H groups in total. The molecule has 2 aliphatic carbocycles. The average Bonchev–Trinajstić information content (AvgIpc) is 2.20. The van der Waals surface area contributed by atoms with Crippen molar-refractivity contribution in [3.63, 3.8) is 0 Å². The first-order valence-electron chi connectivity index (χ1n) is 6.99. The molecule has 1 amide bonds. The first-order chi connectivity index (χ1) is 7.93. The summed E-state index contributed by atoms with van der Waals surface area (Å²) < 4.78 is 0. The van der Waals surface area contributed by atoms with E-state index in [9.17, 15) is 4.79 Å². The summed E-state index contributed by atoms with van der Waals surface area (Å²) >= 11 is 0. The van der Waals surface area contributed by atoms with Crippen LogP contribution in [0.2, 0.25) is 0 Å². The van der Waals surface area contributed by atoms with E-state index in [1.54, 1.807) is 0 Å². The van der Waals surface area contributed by atoms with Crippen molar-refractivity contribution in [1.82, 2.24) is 5.32 Å². The second kappa shape index (κ2) is 4.60. The summed E-state index contributed by atoms with van der Waals surface area (Å²) in [5.74, 6) is 0.810. The van der Waals surface area contributed by atoms with Crippen LogP contribution in [0, 0.1) is 17.3 Å². The van der Waals surface area contributed by atoms with E-state index in [0.29, 0.717) is 12.0 Å². The van der Waals surface area contributed by atoms with Crippen molar-refractivity contribution in [2.45, 2.75) is 65.0 Å². The van der Waals surface area contributed by atoms with Gasteiger partial charge in [-0.25, -0.2) is 0 Å². The van der Waals surface area contributed by atoms with Crippen LogP contribution in [-0.4, -0.2) is 18.0 Å². The van der Waals surface area contributed by atoms with Crippen molar-refractivity contribution in [2.24, 2.45) is 23.0 Å². The Bertz CT molecular complexity index is 297. The van der Waals surface area contributed by atoms with Crippen molar-refractivity contribution in [2.75, 3.05) is 0 Å². The van der Waals surface area contributed by atoms with Gasteiger partial charge in [-0.3, -0.25) is 4.79 Å². The van der Waals surface area contributed by atoms with Gasteiger partial charge in [0.1, 0.15) is 0 Å². The minimum atomic E-state index is 0.0193. The molecule has 0 saturated heterocycles. The summed E-state index contributed by atoms with van der Waals surface area (Å²) in [6.45, 7) is 6.58. The maximum absolute atomic E-state index is 12.3. The quantitative estimate of drug-likeness (QED) is 0.773. The monoisotopic (exact) mass is 238 g/mol. The van der Waals surface area contributed by atoms with Gasteiger partial charge in [0, 0.05) is 18.0 Å². The van der Waals surface area contributed by atoms with Crippen LogP contribution in [-0.2, 0) is 4.79 Å². The van der Waals surface area contributed by atoms with E-state index in [4.69, 9.17) is 5.73 Å². The first-order valence-corrected chi connectivity index (χ1v) is 6.99. The van der Waals surface area contributed by atoms with Gasteiger partial charge >= 0.3 is 0 Å². The fourth-order valence-corrected chi connectivity index (χ4v) is 3.17. The van der Waals surface area contributed by atoms with E-state index in [0.717, 1.165) is 25.7 Å². The maximum Gasteiger partial charge on any atom is 0.223 e. The van der Waals surface area contributed by atoms with Gasteiger partial charge in [0.2, 0.25) is 5.91 Å². The van der Waals surface area contributed by atoms with Crippen molar-refractivity contribution in [1.29, 1.82) is 0 Å². The van der Waals surface area contributed by atoms with Crippen LogP contribution in [0.4, 0.5) is 0 Å². The molecule has 3 nitrogen and oxygen atoms in total. The zero-order chi connectivity index (χ0) is 12.6. The average molecular weight is 238 g/mol. The molecule has 2 fully saturated rings. The minimum absolute atomic E-state index is 0.0193. The van der Waals surface area contributed by atoms with E-state index in [2.05, 4.69) is 26.1 Å². The van der Waals surface area contributed by atoms with Crippen LogP contribution in [0.15, 0.2) is 0 Å². The molecule has 0 aliphatic heterocycles. The van der Waals surface area contributed by atoms with Gasteiger partial charge in [0.25, 0.3) is 0 Å². The molecule has 98 valence electrons. The lowest BCUT2D eigenvalue weighted by Crippen LogP contribution is -2.53. The first kappa shape index (κ1) is 12.9. The Balaban J connectivity index is 2.01. The highest BCUT2D eigenvalue weighted by atomic mass is 16.2. The van der Waals surface area contributed by atoms with Gasteiger partial charge in [-0.2, -0.15) is 0 Å². The van der Waals surface area contributed by atoms with Crippen LogP contribution in [0.5, 0.6) is 0 Å². The lowest BCUT2D eigenvalue weighted by atomic mass is 9.61. The largest absolute Gasteiger partial charge is 0.353 e. The number of carbonyl (C=O) groups excluding carboxylic acids is 1. The van der Waals surface area contributed by atoms with Crippen LogP contribution in [0.3, 0.4) is 0 Å². The molecule has 0 heterocycles. The van der Waals surface area contributed by atoms with Gasteiger partial charge in [-0.15, -0.1) is 0 Å². The zero-order valence-electron chi connectivity index (χ0n) is 11.3. The van der Waals surface area contributed by atoms with Crippen LogP contribution in [0.1, 0.15) is 52.9 Å². The third-order valence-corrected chi connectivity index (χ3v) is 5.27. The van der Waals surface area contributed by atoms with Crippen molar-refractivity contribution in [3.05, 3.63) is 0 Å². The fourth-order valence-electron chi connectivity index (χ4n) is 3.17. The van der Waals surface area contributed by atoms with E-state index >= 15 is 0 Å². The summed E-state index contributed by atoms with van der Waals surface area (Å²) in [7, 11) is 0. The van der Waals surface area contributed by atoms with E-state index in [1.165, 1.54) is 6.42 Å². The molecule has 2 rings (SSSR count). The molecule has 0 bridgehead atoms. The lowest BCUT2D eigenvalue weighted by molar-refractivity contribution is -0.133. The summed E-state index contributed by atoms with van der Waals surface area (Å²) in [6.07, 6.45) is 5.51. The highest BCUT2D eigenvalue weighted by molar-refractivity contribution is 5.80. The number of rotatable bonds is 2. The zero-order valence-corrected chi connectivity index (χ0v) is 11.3. The third kappa shape index (κ3) is 2.35. The molecule has 0 aromatic heterocycles. The Morgan fingerprint density at radius 1 is 1.24 bits per heavy atom. The predicted molar refractivity (Wildman–Crippen MR) is 69.4 cm³/mol. The molecular weight excluding hydrogens is 212 g/mol. The standard InChI is InChI=1S/C14H26N2O/c1-9-12(15)8-7-11(14(9,2)3)13(17)16-10-5-4-6-10/h9-12H,4-8,15H2,1-3H3,(H,16,17). The topological polar surface area (TPSA) is 55.1 Å². The molecule has 0 spiro atoms. The highest BCUT2D eigenvalue weighted by Gasteiger charge is 2.45. The predicted octanol–water partition coefficient (Wildman–Crippen LogP) is 2.05. The van der Waals surface area contributed by atoms with Crippen LogP contribution >= 0.6 is 0 Å². The molecule has 2 saturated carbocycles. The molecule has 3 atom stereocenters. The smallest absolute Gasteiger partial charge is 0.223 e. The van der Waals surface area contributed by atoms with Gasteiger partial charge in [0.15, 0.2) is 0 Å². The number of nitrogens with two attached hydrogens (primary N) is 1. The summed E-state index contributed by atoms with van der Waals surface area (Å²) in [6, 6.07) is 0.696. The molecule has 0 aromatic carbocycles. The number of amides is 1. The number of carbonyl (C=O) groups is 1. The number of hydrogen-bond acceptors (Lipinski definition) is 2. The molecule has 0 radical (unpaired) electrons. The maximum atomic E-state index is 12.3. The van der Waals surface area contributed by atoms with Gasteiger partial charge in [0.05, 0.1) is 0 Å². The Morgan fingerprint density at radius 3 is 2.41 bits per heavy atom. The van der Waals surface area contributed by atoms with Gasteiger partial charge in [-0.1, -0.05) is 20.8 Å². The Morgan fingerprint density at radius 2 is 1.88 bits per heavy atom. The van der Waals surface area contributed by atoms with Gasteiger partial charge in [-0.05, 0) is 43.4 Å². The highest BCUT2D eigenvalue weighted by Crippen LogP contribution is 2.44. The number of nitrogens with one attached hydrogen (secondary N) is 1. The van der Waals surface area contributed by atoms with E-state index in [1.807, 2.05) is 0 Å². The van der Waals surface area contributed by atoms with Crippen LogP contribution < -0.4 is 11.1 Å². The molecule has 2 aliphatic rings. The molecule has 3 heteroatoms. The van der Waals surface area contributed by atoms with Crippen molar-refractivity contribution < 1.29 is 4.79 Å². The van der Waals surface area contributed by atoms with Crippen molar-refractivity contribution in [3.8, 4) is 0 Å². The Labute approximate surface area is 105 Å². The van der Waals surface area contributed by atoms with E-state index < -0.39 is 0 Å². The molecule has 0 aromatic rings. The van der Waals surface area contributed by atoms with E-state index in [-0.39, 0.29) is 23.3 Å². The summed E-state index contributed by atoms with van der Waals surface area (Å²) in [5, 5.41) is 3.20. The second-order valence-electron chi connectivity index (χ2n) is 6.54. The number of hydrogen-bond donors (Lipinski definition) is 2. The molecule has 17 heavy (non-hydrogen) atoms. The SMILES string of the molecule is CC1C(N)CCC(C(=O)NC2CCC2)C1(C)C. The summed E-state index contributed by atoms with van der Waals surface area (Å²) in [5.41, 5.74) is 6.14. The van der Waals surface area contributed by atoms with Crippen LogP contribution in [0.25, 0.3) is 0 Å². The summed E-state index contributed by atoms with van der Waals surface area (Å²) in [4.78, 5) is 12.3. The minimum Gasteiger partial charge on any atom is -0.353 e. The third-order valence-electron chi connectivity index (χ3n) is 5.27.